The van der Waals surface area contributed by atoms with E-state index in [9.17, 15) is 4.79 Å². The number of allylic oxidation sites excluding steroid dienone is 1. The molecule has 3 rings (SSSR count). The van der Waals surface area contributed by atoms with Gasteiger partial charge >= 0.3 is 0 Å². The summed E-state index contributed by atoms with van der Waals surface area (Å²) in [6.07, 6.45) is 3.49. The third kappa shape index (κ3) is 4.67. The van der Waals surface area contributed by atoms with E-state index in [-0.39, 0.29) is 5.91 Å². The maximum Gasteiger partial charge on any atom is 0.246 e. The van der Waals surface area contributed by atoms with Gasteiger partial charge in [0, 0.05) is 41.2 Å². The molecule has 5 heteroatoms. The van der Waals surface area contributed by atoms with Crippen molar-refractivity contribution in [3.8, 4) is 22.6 Å². The zero-order valence-corrected chi connectivity index (χ0v) is 20.0. The number of hydrogen-bond acceptors (Lipinski definition) is 4. The highest BCUT2D eigenvalue weighted by Crippen LogP contribution is 2.41. The van der Waals surface area contributed by atoms with Crippen LogP contribution in [0.15, 0.2) is 47.1 Å². The van der Waals surface area contributed by atoms with E-state index in [0.29, 0.717) is 26.3 Å². The summed E-state index contributed by atoms with van der Waals surface area (Å²) in [5, 5.41) is 0.994. The van der Waals surface area contributed by atoms with Crippen LogP contribution in [0.1, 0.15) is 45.7 Å². The molecule has 1 heterocycles. The normalized spacial score (nSPS) is 11.6. The predicted molar refractivity (Wildman–Crippen MR) is 130 cm³/mol. The first kappa shape index (κ1) is 23.5. The summed E-state index contributed by atoms with van der Waals surface area (Å²) in [5.41, 5.74) is 5.55. The van der Waals surface area contributed by atoms with Gasteiger partial charge in [-0.3, -0.25) is 4.79 Å². The molecule has 0 saturated heterocycles. The van der Waals surface area contributed by atoms with Crippen LogP contribution >= 0.6 is 0 Å². The van der Waals surface area contributed by atoms with Crippen LogP contribution in [0.25, 0.3) is 27.7 Å². The highest BCUT2D eigenvalue weighted by atomic mass is 16.5. The second kappa shape index (κ2) is 10.4. The van der Waals surface area contributed by atoms with E-state index in [2.05, 4.69) is 6.07 Å². The Morgan fingerprint density at radius 2 is 1.69 bits per heavy atom. The average molecular weight is 436 g/mol. The molecule has 32 heavy (non-hydrogen) atoms. The molecular formula is C27H33NO4. The van der Waals surface area contributed by atoms with E-state index in [4.69, 9.17) is 13.9 Å². The minimum absolute atomic E-state index is 0.00614. The van der Waals surface area contributed by atoms with Gasteiger partial charge in [0.2, 0.25) is 5.91 Å². The van der Waals surface area contributed by atoms with Crippen LogP contribution in [0.5, 0.6) is 11.5 Å². The van der Waals surface area contributed by atoms with Gasteiger partial charge in [0.15, 0.2) is 0 Å². The van der Waals surface area contributed by atoms with Crippen LogP contribution in [-0.4, -0.2) is 37.1 Å². The third-order valence-corrected chi connectivity index (χ3v) is 5.65. The van der Waals surface area contributed by atoms with Crippen molar-refractivity contribution >= 4 is 22.4 Å². The largest absolute Gasteiger partial charge is 0.494 e. The van der Waals surface area contributed by atoms with Crippen molar-refractivity contribution < 1.29 is 18.7 Å². The Hall–Kier alpha value is -3.21. The minimum Gasteiger partial charge on any atom is -0.494 e. The van der Waals surface area contributed by atoms with Gasteiger partial charge in [-0.05, 0) is 70.9 Å². The van der Waals surface area contributed by atoms with Crippen molar-refractivity contribution in [2.45, 2.75) is 41.5 Å². The van der Waals surface area contributed by atoms with Crippen molar-refractivity contribution in [1.82, 2.24) is 4.90 Å². The Bertz CT molecular complexity index is 1100. The lowest BCUT2D eigenvalue weighted by Crippen LogP contribution is -2.28. The number of aryl methyl sites for hydroxylation is 1. The summed E-state index contributed by atoms with van der Waals surface area (Å²) in [4.78, 5) is 14.5. The number of benzene rings is 2. The number of hydrogen-bond donors (Lipinski definition) is 0. The fourth-order valence-electron chi connectivity index (χ4n) is 3.95. The summed E-state index contributed by atoms with van der Waals surface area (Å²) < 4.78 is 17.6. The van der Waals surface area contributed by atoms with Crippen LogP contribution in [0.4, 0.5) is 0 Å². The Labute approximate surface area is 190 Å². The molecule has 2 aromatic carbocycles. The Morgan fingerprint density at radius 3 is 2.28 bits per heavy atom. The number of furan rings is 1. The molecule has 0 spiro atoms. The molecule has 0 aliphatic carbocycles. The SMILES string of the molecule is CCOc1ccc(-c2coc3c(C)c(OCC)c(/C(C)=C/C(=O)N(CC)CC)cc23)cc1. The van der Waals surface area contributed by atoms with Gasteiger partial charge in [-0.25, -0.2) is 0 Å². The topological polar surface area (TPSA) is 51.9 Å². The molecule has 0 bridgehead atoms. The zero-order valence-electron chi connectivity index (χ0n) is 20.0. The maximum absolute atomic E-state index is 12.7. The van der Waals surface area contributed by atoms with Crippen LogP contribution in [-0.2, 0) is 4.79 Å². The first-order valence-corrected chi connectivity index (χ1v) is 11.3. The molecule has 0 unspecified atom stereocenters. The second-order valence-corrected chi connectivity index (χ2v) is 7.63. The lowest BCUT2D eigenvalue weighted by atomic mass is 9.96. The molecule has 170 valence electrons. The minimum atomic E-state index is 0.00614. The number of fused-ring (bicyclic) bond motifs is 1. The molecule has 0 fully saturated rings. The number of carbonyl (C=O) groups excluding carboxylic acids is 1. The fourth-order valence-corrected chi connectivity index (χ4v) is 3.95. The van der Waals surface area contributed by atoms with E-state index >= 15 is 0 Å². The number of likely N-dealkylation sites (N-methyl/N-ethyl adjacent to an activating group) is 1. The maximum atomic E-state index is 12.7. The summed E-state index contributed by atoms with van der Waals surface area (Å²) in [6.45, 7) is 14.4. The summed E-state index contributed by atoms with van der Waals surface area (Å²) in [7, 11) is 0. The predicted octanol–water partition coefficient (Wildman–Crippen LogP) is 6.48. The number of carbonyl (C=O) groups is 1. The Kier molecular flexibility index (Phi) is 7.62. The van der Waals surface area contributed by atoms with E-state index in [1.165, 1.54) is 0 Å². The van der Waals surface area contributed by atoms with Crippen LogP contribution in [0, 0.1) is 6.92 Å². The Balaban J connectivity index is 2.14. The van der Waals surface area contributed by atoms with Crippen LogP contribution in [0.2, 0.25) is 0 Å². The summed E-state index contributed by atoms with van der Waals surface area (Å²) >= 11 is 0. The van der Waals surface area contributed by atoms with Gasteiger partial charge in [-0.2, -0.15) is 0 Å². The molecule has 0 atom stereocenters. The monoisotopic (exact) mass is 435 g/mol. The van der Waals surface area contributed by atoms with Crippen molar-refractivity contribution in [3.63, 3.8) is 0 Å². The molecule has 3 aromatic rings. The molecule has 0 radical (unpaired) electrons. The van der Waals surface area contributed by atoms with Crippen molar-refractivity contribution in [2.24, 2.45) is 0 Å². The standard InChI is InChI=1S/C27H33NO4/c1-7-28(8-2)25(29)15-18(5)22-16-23-24(20-11-13-21(14-12-20)30-9-3)17-32-27(23)19(6)26(22)31-10-4/h11-17H,7-10H2,1-6H3/b18-15+. The number of nitrogens with zero attached hydrogens (tertiary/aromatic N) is 1. The van der Waals surface area contributed by atoms with E-state index < -0.39 is 0 Å². The molecular weight excluding hydrogens is 402 g/mol. The number of ether oxygens (including phenoxy) is 2. The van der Waals surface area contributed by atoms with Crippen LogP contribution < -0.4 is 9.47 Å². The molecule has 0 aliphatic heterocycles. The molecule has 0 aliphatic rings. The lowest BCUT2D eigenvalue weighted by molar-refractivity contribution is -0.125. The molecule has 5 nitrogen and oxygen atoms in total. The van der Waals surface area contributed by atoms with E-state index in [1.807, 2.05) is 65.8 Å². The van der Waals surface area contributed by atoms with Gasteiger partial charge in [0.05, 0.1) is 19.5 Å². The zero-order chi connectivity index (χ0) is 23.3. The fraction of sp³-hybridized carbons (Fsp3) is 0.370. The molecule has 1 aromatic heterocycles. The van der Waals surface area contributed by atoms with E-state index in [1.54, 1.807) is 17.2 Å². The molecule has 1 amide bonds. The number of amides is 1. The summed E-state index contributed by atoms with van der Waals surface area (Å²) in [6, 6.07) is 10.1. The van der Waals surface area contributed by atoms with Crippen LogP contribution in [0.3, 0.4) is 0 Å². The van der Waals surface area contributed by atoms with Crippen molar-refractivity contribution in [2.75, 3.05) is 26.3 Å². The molecule has 0 N–H and O–H groups in total. The van der Waals surface area contributed by atoms with Gasteiger partial charge in [-0.15, -0.1) is 0 Å². The number of rotatable bonds is 9. The quantitative estimate of drug-likeness (QED) is 0.361. The van der Waals surface area contributed by atoms with Gasteiger partial charge in [0.25, 0.3) is 0 Å². The third-order valence-electron chi connectivity index (χ3n) is 5.65. The smallest absolute Gasteiger partial charge is 0.246 e. The highest BCUT2D eigenvalue weighted by molar-refractivity contribution is 6.01. The first-order chi connectivity index (χ1) is 15.4. The average Bonchev–Trinajstić information content (AvgIpc) is 3.21. The Morgan fingerprint density at radius 1 is 1.03 bits per heavy atom. The van der Waals surface area contributed by atoms with Crippen molar-refractivity contribution in [1.29, 1.82) is 0 Å². The second-order valence-electron chi connectivity index (χ2n) is 7.63. The first-order valence-electron chi connectivity index (χ1n) is 11.3. The summed E-state index contributed by atoms with van der Waals surface area (Å²) in [5.74, 6) is 1.61. The van der Waals surface area contributed by atoms with Gasteiger partial charge in [0.1, 0.15) is 17.1 Å². The van der Waals surface area contributed by atoms with Gasteiger partial charge in [-0.1, -0.05) is 12.1 Å². The lowest BCUT2D eigenvalue weighted by Gasteiger charge is -2.18. The van der Waals surface area contributed by atoms with Gasteiger partial charge < -0.3 is 18.8 Å². The molecule has 0 saturated carbocycles. The highest BCUT2D eigenvalue weighted by Gasteiger charge is 2.19. The van der Waals surface area contributed by atoms with E-state index in [0.717, 1.165) is 50.3 Å². The van der Waals surface area contributed by atoms with Crippen molar-refractivity contribution in [3.05, 3.63) is 53.8 Å².